The highest BCUT2D eigenvalue weighted by Gasteiger charge is 2.11. The second-order valence-corrected chi connectivity index (χ2v) is 4.57. The van der Waals surface area contributed by atoms with Crippen LogP contribution >= 0.6 is 0 Å². The fourth-order valence-electron chi connectivity index (χ4n) is 1.83. The molecule has 21 heavy (non-hydrogen) atoms. The number of aromatic nitrogens is 4. The number of carboxylic acids is 1. The molecule has 0 bridgehead atoms. The third-order valence-corrected chi connectivity index (χ3v) is 2.78. The Bertz CT molecular complexity index is 680. The predicted molar refractivity (Wildman–Crippen MR) is 72.5 cm³/mol. The summed E-state index contributed by atoms with van der Waals surface area (Å²) >= 11 is 0. The van der Waals surface area contributed by atoms with Crippen LogP contribution in [-0.4, -0.2) is 37.0 Å². The normalized spacial score (nSPS) is 10.4. The molecule has 1 amide bonds. The molecule has 110 valence electrons. The quantitative estimate of drug-likeness (QED) is 0.819. The van der Waals surface area contributed by atoms with Crippen LogP contribution in [0.15, 0.2) is 18.3 Å². The summed E-state index contributed by atoms with van der Waals surface area (Å²) in [6, 6.07) is 3.49. The largest absolute Gasteiger partial charge is 0.480 e. The Labute approximate surface area is 120 Å². The minimum Gasteiger partial charge on any atom is -0.480 e. The van der Waals surface area contributed by atoms with Crippen molar-refractivity contribution in [3.63, 3.8) is 0 Å². The van der Waals surface area contributed by atoms with E-state index in [1.54, 1.807) is 19.1 Å². The number of amides is 1. The van der Waals surface area contributed by atoms with Gasteiger partial charge in [-0.3, -0.25) is 14.6 Å². The number of hydrogen-bond acceptors (Lipinski definition) is 5. The van der Waals surface area contributed by atoms with Crippen molar-refractivity contribution >= 4 is 11.9 Å². The van der Waals surface area contributed by atoms with E-state index in [4.69, 9.17) is 5.11 Å². The Balaban J connectivity index is 1.97. The number of aryl methyl sites for hydroxylation is 2. The van der Waals surface area contributed by atoms with E-state index >= 15 is 0 Å². The first-order valence-electron chi connectivity index (χ1n) is 6.29. The van der Waals surface area contributed by atoms with Crippen molar-refractivity contribution in [2.75, 3.05) is 0 Å². The van der Waals surface area contributed by atoms with Crippen LogP contribution in [0, 0.1) is 13.8 Å². The second kappa shape index (κ2) is 6.12. The lowest BCUT2D eigenvalue weighted by atomic mass is 10.1. The highest BCUT2D eigenvalue weighted by Crippen LogP contribution is 2.06. The van der Waals surface area contributed by atoms with Crippen LogP contribution in [0.4, 0.5) is 0 Å². The molecule has 2 heterocycles. The van der Waals surface area contributed by atoms with Crippen LogP contribution in [0.3, 0.4) is 0 Å². The Morgan fingerprint density at radius 3 is 2.76 bits per heavy atom. The average Bonchev–Trinajstić information content (AvgIpc) is 2.82. The first kappa shape index (κ1) is 14.6. The molecule has 0 saturated heterocycles. The van der Waals surface area contributed by atoms with E-state index in [1.807, 2.05) is 6.92 Å². The number of hydrogen-bond donors (Lipinski definition) is 2. The van der Waals surface area contributed by atoms with E-state index in [0.29, 0.717) is 17.0 Å². The van der Waals surface area contributed by atoms with Crippen LogP contribution in [0.1, 0.15) is 27.4 Å². The van der Waals surface area contributed by atoms with Crippen molar-refractivity contribution in [3.05, 3.63) is 41.0 Å². The number of carboxylic acid groups (broad SMARTS) is 1. The van der Waals surface area contributed by atoms with Gasteiger partial charge in [-0.25, -0.2) is 4.68 Å². The lowest BCUT2D eigenvalue weighted by Crippen LogP contribution is -2.24. The number of pyridine rings is 1. The van der Waals surface area contributed by atoms with Crippen LogP contribution in [0.2, 0.25) is 0 Å². The summed E-state index contributed by atoms with van der Waals surface area (Å²) < 4.78 is 1.20. The van der Waals surface area contributed by atoms with E-state index in [2.05, 4.69) is 20.6 Å². The molecule has 2 rings (SSSR count). The molecular formula is C13H15N5O3. The fourth-order valence-corrected chi connectivity index (χ4v) is 1.83. The van der Waals surface area contributed by atoms with Gasteiger partial charge in [-0.1, -0.05) is 5.21 Å². The van der Waals surface area contributed by atoms with Crippen molar-refractivity contribution < 1.29 is 14.7 Å². The Hall–Kier alpha value is -2.77. The molecule has 0 unspecified atom stereocenters. The van der Waals surface area contributed by atoms with Gasteiger partial charge in [-0.05, 0) is 26.0 Å². The predicted octanol–water partition coefficient (Wildman–Crippen LogP) is 0.305. The van der Waals surface area contributed by atoms with E-state index in [1.165, 1.54) is 10.9 Å². The molecule has 0 aliphatic carbocycles. The highest BCUT2D eigenvalue weighted by molar-refractivity contribution is 5.95. The van der Waals surface area contributed by atoms with Gasteiger partial charge >= 0.3 is 5.97 Å². The zero-order chi connectivity index (χ0) is 15.4. The maximum absolute atomic E-state index is 12.0. The number of aliphatic carboxylic acids is 1. The second-order valence-electron chi connectivity index (χ2n) is 4.57. The minimum atomic E-state index is -1.00. The number of carbonyl (C=O) groups excluding carboxylic acids is 1. The van der Waals surface area contributed by atoms with E-state index in [-0.39, 0.29) is 19.0 Å². The van der Waals surface area contributed by atoms with Crippen molar-refractivity contribution in [1.29, 1.82) is 0 Å². The van der Waals surface area contributed by atoms with Crippen LogP contribution in [0.25, 0.3) is 0 Å². The summed E-state index contributed by atoms with van der Waals surface area (Å²) in [5, 5.41) is 18.8. The van der Waals surface area contributed by atoms with Gasteiger partial charge in [0, 0.05) is 5.69 Å². The third-order valence-electron chi connectivity index (χ3n) is 2.78. The molecule has 0 atom stereocenters. The van der Waals surface area contributed by atoms with Gasteiger partial charge in [-0.15, -0.1) is 5.10 Å². The summed E-state index contributed by atoms with van der Waals surface area (Å²) in [4.78, 5) is 26.8. The van der Waals surface area contributed by atoms with E-state index < -0.39 is 5.97 Å². The molecule has 2 aromatic rings. The first-order valence-corrected chi connectivity index (χ1v) is 6.29. The molecule has 2 aromatic heterocycles. The number of carbonyl (C=O) groups is 2. The van der Waals surface area contributed by atoms with Gasteiger partial charge in [0.15, 0.2) is 0 Å². The maximum atomic E-state index is 12.0. The number of nitrogens with one attached hydrogen (secondary N) is 1. The molecule has 0 spiro atoms. The molecule has 0 radical (unpaired) electrons. The molecule has 2 N–H and O–H groups in total. The van der Waals surface area contributed by atoms with Gasteiger partial charge in [0.25, 0.3) is 5.91 Å². The van der Waals surface area contributed by atoms with E-state index in [0.717, 1.165) is 5.69 Å². The fraction of sp³-hybridized carbons (Fsp3) is 0.308. The van der Waals surface area contributed by atoms with Crippen LogP contribution in [0.5, 0.6) is 0 Å². The zero-order valence-corrected chi connectivity index (χ0v) is 11.7. The molecule has 0 saturated carbocycles. The number of rotatable bonds is 5. The molecule has 0 aliphatic heterocycles. The molecule has 8 nitrogen and oxygen atoms in total. The summed E-state index contributed by atoms with van der Waals surface area (Å²) in [5.74, 6) is -1.26. The molecule has 0 aromatic carbocycles. The molecular weight excluding hydrogens is 274 g/mol. The van der Waals surface area contributed by atoms with Gasteiger partial charge in [0.2, 0.25) is 0 Å². The summed E-state index contributed by atoms with van der Waals surface area (Å²) in [6.07, 6.45) is 1.48. The van der Waals surface area contributed by atoms with Crippen LogP contribution < -0.4 is 5.32 Å². The minimum absolute atomic E-state index is 0.172. The monoisotopic (exact) mass is 289 g/mol. The summed E-state index contributed by atoms with van der Waals surface area (Å²) in [5.41, 5.74) is 2.49. The van der Waals surface area contributed by atoms with Gasteiger partial charge in [0.1, 0.15) is 12.2 Å². The van der Waals surface area contributed by atoms with Crippen molar-refractivity contribution in [3.8, 4) is 0 Å². The van der Waals surface area contributed by atoms with Gasteiger partial charge < -0.3 is 10.4 Å². The van der Waals surface area contributed by atoms with Crippen molar-refractivity contribution in [1.82, 2.24) is 25.3 Å². The first-order chi connectivity index (χ1) is 9.95. The molecule has 0 fully saturated rings. The standard InChI is InChI=1S/C13H15N5O3/c1-8-3-4-11(9(2)15-8)13(21)14-5-10-6-18(17-16-10)7-12(19)20/h3-4,6H,5,7H2,1-2H3,(H,14,21)(H,19,20). The molecule has 8 heteroatoms. The van der Waals surface area contributed by atoms with Gasteiger partial charge in [-0.2, -0.15) is 0 Å². The van der Waals surface area contributed by atoms with Crippen LogP contribution in [-0.2, 0) is 17.9 Å². The van der Waals surface area contributed by atoms with Crippen molar-refractivity contribution in [2.24, 2.45) is 0 Å². The maximum Gasteiger partial charge on any atom is 0.325 e. The Kier molecular flexibility index (Phi) is 4.27. The molecule has 0 aliphatic rings. The third kappa shape index (κ3) is 3.85. The van der Waals surface area contributed by atoms with Crippen molar-refractivity contribution in [2.45, 2.75) is 26.9 Å². The van der Waals surface area contributed by atoms with E-state index in [9.17, 15) is 9.59 Å². The lowest BCUT2D eigenvalue weighted by Gasteiger charge is -2.06. The Morgan fingerprint density at radius 2 is 2.10 bits per heavy atom. The topological polar surface area (TPSA) is 110 Å². The van der Waals surface area contributed by atoms with Gasteiger partial charge in [0.05, 0.1) is 24.0 Å². The summed E-state index contributed by atoms with van der Waals surface area (Å²) in [6.45, 7) is 3.54. The SMILES string of the molecule is Cc1ccc(C(=O)NCc2cn(CC(=O)O)nn2)c(C)n1. The zero-order valence-electron chi connectivity index (χ0n) is 11.7. The Morgan fingerprint density at radius 1 is 1.33 bits per heavy atom. The number of nitrogens with zero attached hydrogens (tertiary/aromatic N) is 4. The smallest absolute Gasteiger partial charge is 0.325 e. The average molecular weight is 289 g/mol. The lowest BCUT2D eigenvalue weighted by molar-refractivity contribution is -0.137. The highest BCUT2D eigenvalue weighted by atomic mass is 16.4. The summed E-state index contributed by atoms with van der Waals surface area (Å²) in [7, 11) is 0.